The van der Waals surface area contributed by atoms with Crippen molar-refractivity contribution in [1.82, 2.24) is 14.8 Å². The maximum Gasteiger partial charge on any atom is 0.236 e. The van der Waals surface area contributed by atoms with E-state index >= 15 is 0 Å². The van der Waals surface area contributed by atoms with Crippen LogP contribution < -0.4 is 5.73 Å². The molecule has 2 rings (SSSR count). The molecule has 1 aliphatic rings. The Hall–Kier alpha value is -1.46. The molecule has 1 saturated heterocycles. The Kier molecular flexibility index (Phi) is 4.06. The summed E-state index contributed by atoms with van der Waals surface area (Å²) in [5, 5.41) is 0. The van der Waals surface area contributed by atoms with Crippen LogP contribution in [0, 0.1) is 0 Å². The number of carbonyl (C=O) groups excluding carboxylic acids is 1. The predicted octanol–water partition coefficient (Wildman–Crippen LogP) is -0.315. The number of rotatable bonds is 4. The van der Waals surface area contributed by atoms with Crippen LogP contribution in [0.25, 0.3) is 0 Å². The van der Waals surface area contributed by atoms with Crippen LogP contribution in [0.3, 0.4) is 0 Å². The van der Waals surface area contributed by atoms with E-state index in [1.54, 1.807) is 6.20 Å². The van der Waals surface area contributed by atoms with Gasteiger partial charge in [0, 0.05) is 45.1 Å². The molecule has 5 heteroatoms. The maximum absolute atomic E-state index is 11.8. The average Bonchev–Trinajstić information content (AvgIpc) is 2.34. The van der Waals surface area contributed by atoms with E-state index in [-0.39, 0.29) is 5.91 Å². The Labute approximate surface area is 101 Å². The van der Waals surface area contributed by atoms with Crippen molar-refractivity contribution in [3.8, 4) is 0 Å². The van der Waals surface area contributed by atoms with Crippen LogP contribution in [0.15, 0.2) is 24.5 Å². The summed E-state index contributed by atoms with van der Waals surface area (Å²) < 4.78 is 0. The van der Waals surface area contributed by atoms with Crippen LogP contribution in [0.2, 0.25) is 0 Å². The smallest absolute Gasteiger partial charge is 0.236 e. The van der Waals surface area contributed by atoms with Gasteiger partial charge >= 0.3 is 0 Å². The highest BCUT2D eigenvalue weighted by Gasteiger charge is 2.22. The molecule has 0 spiro atoms. The molecule has 1 fully saturated rings. The van der Waals surface area contributed by atoms with Crippen molar-refractivity contribution in [3.63, 3.8) is 0 Å². The molecule has 0 atom stereocenters. The minimum atomic E-state index is 0.172. The number of aromatic nitrogens is 1. The van der Waals surface area contributed by atoms with Crippen LogP contribution in [-0.2, 0) is 11.3 Å². The van der Waals surface area contributed by atoms with Crippen molar-refractivity contribution in [2.45, 2.75) is 6.54 Å². The van der Waals surface area contributed by atoms with Gasteiger partial charge < -0.3 is 10.6 Å². The monoisotopic (exact) mass is 234 g/mol. The van der Waals surface area contributed by atoms with Crippen LogP contribution in [-0.4, -0.2) is 53.4 Å². The highest BCUT2D eigenvalue weighted by Crippen LogP contribution is 2.07. The van der Waals surface area contributed by atoms with E-state index in [0.29, 0.717) is 19.6 Å². The lowest BCUT2D eigenvalue weighted by Crippen LogP contribution is -2.51. The lowest BCUT2D eigenvalue weighted by atomic mass is 10.2. The van der Waals surface area contributed by atoms with Crippen LogP contribution in [0.4, 0.5) is 0 Å². The van der Waals surface area contributed by atoms with Gasteiger partial charge in [-0.05, 0) is 11.6 Å². The molecule has 2 heterocycles. The number of hydrogen-bond acceptors (Lipinski definition) is 4. The topological polar surface area (TPSA) is 62.5 Å². The summed E-state index contributed by atoms with van der Waals surface area (Å²) in [5.74, 6) is 0.172. The second kappa shape index (κ2) is 5.75. The standard InChI is InChI=1S/C12H18N4O/c13-3-5-16-7-6-15(10-12(16)17)9-11-2-1-4-14-8-11/h1-2,4,8H,3,5-7,9-10,13H2. The molecule has 0 radical (unpaired) electrons. The Morgan fingerprint density at radius 3 is 2.94 bits per heavy atom. The predicted molar refractivity (Wildman–Crippen MR) is 65.1 cm³/mol. The van der Waals surface area contributed by atoms with Crippen molar-refractivity contribution in [2.24, 2.45) is 5.73 Å². The van der Waals surface area contributed by atoms with Gasteiger partial charge in [-0.15, -0.1) is 0 Å². The second-order valence-corrected chi connectivity index (χ2v) is 4.24. The Bertz CT molecular complexity index is 368. The van der Waals surface area contributed by atoms with E-state index in [0.717, 1.165) is 25.2 Å². The van der Waals surface area contributed by atoms with E-state index in [1.807, 2.05) is 23.2 Å². The number of amides is 1. The fourth-order valence-electron chi connectivity index (χ4n) is 2.03. The molecule has 92 valence electrons. The lowest BCUT2D eigenvalue weighted by molar-refractivity contribution is -0.136. The van der Waals surface area contributed by atoms with Crippen molar-refractivity contribution in [1.29, 1.82) is 0 Å². The molecule has 1 aromatic heterocycles. The minimum Gasteiger partial charge on any atom is -0.339 e. The van der Waals surface area contributed by atoms with Gasteiger partial charge in [-0.25, -0.2) is 0 Å². The van der Waals surface area contributed by atoms with Crippen LogP contribution >= 0.6 is 0 Å². The van der Waals surface area contributed by atoms with Crippen LogP contribution in [0.1, 0.15) is 5.56 Å². The lowest BCUT2D eigenvalue weighted by Gasteiger charge is -2.34. The summed E-state index contributed by atoms with van der Waals surface area (Å²) in [6, 6.07) is 3.95. The average molecular weight is 234 g/mol. The third kappa shape index (κ3) is 3.25. The number of nitrogens with two attached hydrogens (primary N) is 1. The fraction of sp³-hybridized carbons (Fsp3) is 0.500. The molecule has 0 aromatic carbocycles. The molecule has 0 saturated carbocycles. The van der Waals surface area contributed by atoms with E-state index in [2.05, 4.69) is 9.88 Å². The molecule has 1 amide bonds. The van der Waals surface area contributed by atoms with Crippen molar-refractivity contribution in [3.05, 3.63) is 30.1 Å². The number of hydrogen-bond donors (Lipinski definition) is 1. The Balaban J connectivity index is 1.87. The first-order valence-corrected chi connectivity index (χ1v) is 5.88. The molecule has 1 aromatic rings. The zero-order chi connectivity index (χ0) is 12.1. The molecule has 17 heavy (non-hydrogen) atoms. The molecule has 2 N–H and O–H groups in total. The first-order chi connectivity index (χ1) is 8.29. The second-order valence-electron chi connectivity index (χ2n) is 4.24. The molecule has 0 unspecified atom stereocenters. The molecular weight excluding hydrogens is 216 g/mol. The first kappa shape index (κ1) is 12.0. The number of carbonyl (C=O) groups is 1. The van der Waals surface area contributed by atoms with E-state index in [1.165, 1.54) is 0 Å². The summed E-state index contributed by atoms with van der Waals surface area (Å²) in [5.41, 5.74) is 6.61. The van der Waals surface area contributed by atoms with E-state index < -0.39 is 0 Å². The number of nitrogens with zero attached hydrogens (tertiary/aromatic N) is 3. The van der Waals surface area contributed by atoms with Crippen LogP contribution in [0.5, 0.6) is 0 Å². The first-order valence-electron chi connectivity index (χ1n) is 5.88. The summed E-state index contributed by atoms with van der Waals surface area (Å²) >= 11 is 0. The highest BCUT2D eigenvalue weighted by atomic mass is 16.2. The fourth-order valence-corrected chi connectivity index (χ4v) is 2.03. The van der Waals surface area contributed by atoms with Gasteiger partial charge in [0.05, 0.1) is 6.54 Å². The van der Waals surface area contributed by atoms with E-state index in [4.69, 9.17) is 5.73 Å². The third-order valence-corrected chi connectivity index (χ3v) is 2.93. The number of piperazine rings is 1. The Morgan fingerprint density at radius 1 is 1.41 bits per heavy atom. The summed E-state index contributed by atoms with van der Waals surface area (Å²) in [6.45, 7) is 4.15. The molecule has 0 aliphatic carbocycles. The minimum absolute atomic E-state index is 0.172. The van der Waals surface area contributed by atoms with Crippen molar-refractivity contribution < 1.29 is 4.79 Å². The van der Waals surface area contributed by atoms with Crippen molar-refractivity contribution in [2.75, 3.05) is 32.7 Å². The highest BCUT2D eigenvalue weighted by molar-refractivity contribution is 5.79. The van der Waals surface area contributed by atoms with Gasteiger partial charge in [0.1, 0.15) is 0 Å². The Morgan fingerprint density at radius 2 is 2.29 bits per heavy atom. The summed E-state index contributed by atoms with van der Waals surface area (Å²) in [6.07, 6.45) is 3.60. The van der Waals surface area contributed by atoms with E-state index in [9.17, 15) is 4.79 Å². The van der Waals surface area contributed by atoms with Gasteiger partial charge in [-0.2, -0.15) is 0 Å². The summed E-state index contributed by atoms with van der Waals surface area (Å²) in [7, 11) is 0. The molecule has 1 aliphatic heterocycles. The molecule has 5 nitrogen and oxygen atoms in total. The largest absolute Gasteiger partial charge is 0.339 e. The van der Waals surface area contributed by atoms with Gasteiger partial charge in [0.25, 0.3) is 0 Å². The van der Waals surface area contributed by atoms with Gasteiger partial charge in [0.15, 0.2) is 0 Å². The quantitative estimate of drug-likeness (QED) is 0.776. The maximum atomic E-state index is 11.8. The SMILES string of the molecule is NCCN1CCN(Cc2cccnc2)CC1=O. The van der Waals surface area contributed by atoms with Gasteiger partial charge in [-0.1, -0.05) is 6.07 Å². The number of pyridine rings is 1. The molecule has 0 bridgehead atoms. The van der Waals surface area contributed by atoms with Gasteiger partial charge in [-0.3, -0.25) is 14.7 Å². The normalized spacial score (nSPS) is 17.5. The zero-order valence-corrected chi connectivity index (χ0v) is 9.88. The molecular formula is C12H18N4O. The van der Waals surface area contributed by atoms with Crippen molar-refractivity contribution >= 4 is 5.91 Å². The van der Waals surface area contributed by atoms with Gasteiger partial charge in [0.2, 0.25) is 5.91 Å². The summed E-state index contributed by atoms with van der Waals surface area (Å²) in [4.78, 5) is 19.9. The zero-order valence-electron chi connectivity index (χ0n) is 9.88. The third-order valence-electron chi connectivity index (χ3n) is 2.93.